The molecule has 1 aliphatic rings. The van der Waals surface area contributed by atoms with Gasteiger partial charge in [-0.3, -0.25) is 0 Å². The molecule has 2 atom stereocenters. The van der Waals surface area contributed by atoms with Gasteiger partial charge in [-0.2, -0.15) is 24.9 Å². The van der Waals surface area contributed by atoms with Crippen LogP contribution in [-0.4, -0.2) is 42.3 Å². The second kappa shape index (κ2) is 6.39. The van der Waals surface area contributed by atoms with Crippen LogP contribution in [-0.2, 0) is 0 Å². The molecule has 0 saturated heterocycles. The Balaban J connectivity index is 1.94. The van der Waals surface area contributed by atoms with Crippen LogP contribution in [0.4, 0.5) is 11.9 Å². The fourth-order valence-corrected chi connectivity index (χ4v) is 3.09. The molecule has 9 nitrogen and oxygen atoms in total. The van der Waals surface area contributed by atoms with Gasteiger partial charge in [-0.15, -0.1) is 5.10 Å². The van der Waals surface area contributed by atoms with Crippen molar-refractivity contribution < 1.29 is 0 Å². The summed E-state index contributed by atoms with van der Waals surface area (Å²) in [5.74, 6) is 2.26. The number of rotatable bonds is 4. The van der Waals surface area contributed by atoms with Crippen LogP contribution in [0.2, 0.25) is 0 Å². The molecule has 0 spiro atoms. The van der Waals surface area contributed by atoms with Crippen molar-refractivity contribution in [2.45, 2.75) is 45.1 Å². The molecule has 1 saturated carbocycles. The lowest BCUT2D eigenvalue weighted by Crippen LogP contribution is -2.41. The van der Waals surface area contributed by atoms with Crippen LogP contribution in [0.1, 0.15) is 38.4 Å². The van der Waals surface area contributed by atoms with E-state index in [2.05, 4.69) is 48.7 Å². The third kappa shape index (κ3) is 3.27. The molecule has 24 heavy (non-hydrogen) atoms. The maximum atomic E-state index is 9.71. The highest BCUT2D eigenvalue weighted by Crippen LogP contribution is 2.34. The topological polar surface area (TPSA) is 117 Å². The zero-order valence-electron chi connectivity index (χ0n) is 14.1. The van der Waals surface area contributed by atoms with Crippen LogP contribution in [0.5, 0.6) is 0 Å². The summed E-state index contributed by atoms with van der Waals surface area (Å²) in [4.78, 5) is 17.1. The number of nitrogens with zero attached hydrogens (tertiary/aromatic N) is 7. The van der Waals surface area contributed by atoms with Crippen molar-refractivity contribution in [1.82, 2.24) is 29.7 Å². The largest absolute Gasteiger partial charge is 0.357 e. The number of hydrogen-bond donors (Lipinski definition) is 2. The zero-order chi connectivity index (χ0) is 17.2. The standard InChI is InChI=1S/C15H21N9/c1-10-5-4-6-15(7-10,8-16)22-13-19-12(17-3)20-14(21-13)24-9-18-11(2)23-24/h9-10H,4-7H2,1-3H3,(H2,17,19,20,21,22)/t10-,15?/m1/s1. The summed E-state index contributed by atoms with van der Waals surface area (Å²) in [5.41, 5.74) is -0.639. The van der Waals surface area contributed by atoms with Crippen molar-refractivity contribution in [3.63, 3.8) is 0 Å². The first kappa shape index (κ1) is 16.1. The predicted octanol–water partition coefficient (Wildman–Crippen LogP) is 1.69. The molecule has 9 heteroatoms. The monoisotopic (exact) mass is 327 g/mol. The highest BCUT2D eigenvalue weighted by molar-refractivity contribution is 5.41. The Morgan fingerprint density at radius 3 is 2.75 bits per heavy atom. The molecule has 0 aromatic carbocycles. The number of nitrogens with one attached hydrogen (secondary N) is 2. The van der Waals surface area contributed by atoms with Crippen molar-refractivity contribution >= 4 is 11.9 Å². The van der Waals surface area contributed by atoms with Gasteiger partial charge in [0.05, 0.1) is 6.07 Å². The molecule has 0 radical (unpaired) electrons. The zero-order valence-corrected chi connectivity index (χ0v) is 14.1. The van der Waals surface area contributed by atoms with Crippen LogP contribution >= 0.6 is 0 Å². The van der Waals surface area contributed by atoms with Gasteiger partial charge < -0.3 is 10.6 Å². The molecule has 2 aromatic heterocycles. The number of hydrogen-bond acceptors (Lipinski definition) is 8. The van der Waals surface area contributed by atoms with Crippen LogP contribution in [0.3, 0.4) is 0 Å². The van der Waals surface area contributed by atoms with Crippen LogP contribution in [0.15, 0.2) is 6.33 Å². The first-order chi connectivity index (χ1) is 11.5. The summed E-state index contributed by atoms with van der Waals surface area (Å²) >= 11 is 0. The maximum Gasteiger partial charge on any atom is 0.258 e. The van der Waals surface area contributed by atoms with Gasteiger partial charge in [-0.1, -0.05) is 13.3 Å². The minimum atomic E-state index is -0.639. The number of nitriles is 1. The van der Waals surface area contributed by atoms with Gasteiger partial charge in [-0.25, -0.2) is 4.98 Å². The van der Waals surface area contributed by atoms with Gasteiger partial charge in [0.15, 0.2) is 0 Å². The van der Waals surface area contributed by atoms with E-state index < -0.39 is 5.54 Å². The highest BCUT2D eigenvalue weighted by atomic mass is 15.4. The van der Waals surface area contributed by atoms with E-state index in [1.807, 2.05) is 0 Å². The Labute approximate surface area is 140 Å². The van der Waals surface area contributed by atoms with Gasteiger partial charge in [0.1, 0.15) is 17.7 Å². The van der Waals surface area contributed by atoms with E-state index in [9.17, 15) is 5.26 Å². The first-order valence-corrected chi connectivity index (χ1v) is 8.05. The molecule has 1 fully saturated rings. The summed E-state index contributed by atoms with van der Waals surface area (Å²) in [7, 11) is 1.73. The lowest BCUT2D eigenvalue weighted by molar-refractivity contribution is 0.307. The molecule has 0 aliphatic heterocycles. The van der Waals surface area contributed by atoms with Crippen molar-refractivity contribution in [3.8, 4) is 12.0 Å². The van der Waals surface area contributed by atoms with Crippen molar-refractivity contribution in [2.75, 3.05) is 17.7 Å². The lowest BCUT2D eigenvalue weighted by Gasteiger charge is -2.34. The van der Waals surface area contributed by atoms with Crippen molar-refractivity contribution in [1.29, 1.82) is 5.26 Å². The van der Waals surface area contributed by atoms with E-state index in [-0.39, 0.29) is 0 Å². The number of aryl methyl sites for hydroxylation is 1. The molecule has 2 N–H and O–H groups in total. The highest BCUT2D eigenvalue weighted by Gasteiger charge is 2.36. The number of aromatic nitrogens is 6. The molecule has 0 bridgehead atoms. The Hall–Kier alpha value is -2.76. The quantitative estimate of drug-likeness (QED) is 0.871. The molecular weight excluding hydrogens is 306 g/mol. The average molecular weight is 327 g/mol. The summed E-state index contributed by atoms with van der Waals surface area (Å²) in [6.07, 6.45) is 5.28. The molecule has 126 valence electrons. The summed E-state index contributed by atoms with van der Waals surface area (Å²) < 4.78 is 1.49. The second-order valence-corrected chi connectivity index (χ2v) is 6.29. The Morgan fingerprint density at radius 1 is 1.33 bits per heavy atom. The Kier molecular flexibility index (Phi) is 4.29. The molecule has 3 rings (SSSR count). The van der Waals surface area contributed by atoms with Gasteiger partial charge in [0.2, 0.25) is 11.9 Å². The summed E-state index contributed by atoms with van der Waals surface area (Å²) in [6.45, 7) is 3.97. The van der Waals surface area contributed by atoms with Crippen LogP contribution in [0, 0.1) is 24.2 Å². The first-order valence-electron chi connectivity index (χ1n) is 8.05. The fourth-order valence-electron chi connectivity index (χ4n) is 3.09. The van der Waals surface area contributed by atoms with Gasteiger partial charge in [0, 0.05) is 7.05 Å². The third-order valence-electron chi connectivity index (χ3n) is 4.22. The minimum absolute atomic E-state index is 0.356. The lowest BCUT2D eigenvalue weighted by atomic mass is 9.77. The maximum absolute atomic E-state index is 9.71. The van der Waals surface area contributed by atoms with E-state index in [1.54, 1.807) is 20.3 Å². The van der Waals surface area contributed by atoms with Crippen LogP contribution in [0.25, 0.3) is 5.95 Å². The third-order valence-corrected chi connectivity index (χ3v) is 4.22. The Bertz CT molecular complexity index is 763. The predicted molar refractivity (Wildman–Crippen MR) is 88.6 cm³/mol. The summed E-state index contributed by atoms with van der Waals surface area (Å²) in [6, 6.07) is 2.43. The van der Waals surface area contributed by atoms with Gasteiger partial charge in [0.25, 0.3) is 5.95 Å². The van der Waals surface area contributed by atoms with E-state index >= 15 is 0 Å². The van der Waals surface area contributed by atoms with E-state index in [0.717, 1.165) is 25.7 Å². The van der Waals surface area contributed by atoms with E-state index in [1.165, 1.54) is 4.68 Å². The van der Waals surface area contributed by atoms with E-state index in [4.69, 9.17) is 0 Å². The van der Waals surface area contributed by atoms with Gasteiger partial charge in [-0.05, 0) is 32.1 Å². The SMILES string of the molecule is CNc1nc(NC2(C#N)CCC[C@@H](C)C2)nc(-n2cnc(C)n2)n1. The molecule has 2 aromatic rings. The average Bonchev–Trinajstić information content (AvgIpc) is 3.01. The van der Waals surface area contributed by atoms with Gasteiger partial charge >= 0.3 is 0 Å². The summed E-state index contributed by atoms with van der Waals surface area (Å²) in [5, 5.41) is 20.1. The van der Waals surface area contributed by atoms with E-state index in [0.29, 0.717) is 29.6 Å². The molecule has 1 unspecified atom stereocenters. The molecule has 2 heterocycles. The molecule has 0 amide bonds. The number of anilines is 2. The smallest absolute Gasteiger partial charge is 0.258 e. The molecular formula is C15H21N9. The second-order valence-electron chi connectivity index (χ2n) is 6.29. The fraction of sp³-hybridized carbons (Fsp3) is 0.600. The molecule has 1 aliphatic carbocycles. The van der Waals surface area contributed by atoms with Crippen LogP contribution < -0.4 is 10.6 Å². The normalized spacial score (nSPS) is 23.5. The Morgan fingerprint density at radius 2 is 2.12 bits per heavy atom. The van der Waals surface area contributed by atoms with Crippen molar-refractivity contribution in [3.05, 3.63) is 12.2 Å². The minimum Gasteiger partial charge on any atom is -0.357 e. The van der Waals surface area contributed by atoms with Crippen molar-refractivity contribution in [2.24, 2.45) is 5.92 Å².